The normalized spacial score (nSPS) is 13.1. The fourth-order valence-corrected chi connectivity index (χ4v) is 1.69. The molecule has 1 unspecified atom stereocenters. The molecule has 1 rings (SSSR count). The van der Waals surface area contributed by atoms with E-state index in [0.29, 0.717) is 12.6 Å². The maximum absolute atomic E-state index is 5.76. The van der Waals surface area contributed by atoms with Gasteiger partial charge in [0.2, 0.25) is 0 Å². The number of hydrogen-bond acceptors (Lipinski definition) is 2. The van der Waals surface area contributed by atoms with Crippen molar-refractivity contribution in [2.24, 2.45) is 5.73 Å². The van der Waals surface area contributed by atoms with Gasteiger partial charge in [0, 0.05) is 18.6 Å². The Labute approximate surface area is 92.9 Å². The van der Waals surface area contributed by atoms with E-state index < -0.39 is 0 Å². The summed E-state index contributed by atoms with van der Waals surface area (Å²) in [6, 6.07) is 9.44. The molecule has 0 spiro atoms. The van der Waals surface area contributed by atoms with Gasteiger partial charge in [0.15, 0.2) is 0 Å². The van der Waals surface area contributed by atoms with Gasteiger partial charge < -0.3 is 11.1 Å². The Morgan fingerprint density at radius 1 is 1.20 bits per heavy atom. The van der Waals surface area contributed by atoms with Crippen LogP contribution in [0.3, 0.4) is 0 Å². The Kier molecular flexibility index (Phi) is 4.79. The number of rotatable bonds is 5. The van der Waals surface area contributed by atoms with Crippen LogP contribution in [-0.2, 0) is 6.42 Å². The van der Waals surface area contributed by atoms with Crippen molar-refractivity contribution in [3.8, 4) is 0 Å². The van der Waals surface area contributed by atoms with Crippen LogP contribution in [0.1, 0.15) is 37.9 Å². The molecule has 0 radical (unpaired) electrons. The molecule has 0 aromatic heterocycles. The second-order valence-corrected chi connectivity index (χ2v) is 4.20. The van der Waals surface area contributed by atoms with Crippen molar-refractivity contribution in [1.82, 2.24) is 5.32 Å². The first-order valence-corrected chi connectivity index (χ1v) is 5.72. The van der Waals surface area contributed by atoms with Gasteiger partial charge in [0.05, 0.1) is 0 Å². The lowest BCUT2D eigenvalue weighted by Crippen LogP contribution is -2.33. The number of aryl methyl sites for hydroxylation is 1. The van der Waals surface area contributed by atoms with Crippen LogP contribution >= 0.6 is 0 Å². The molecule has 1 aromatic carbocycles. The van der Waals surface area contributed by atoms with E-state index in [1.807, 2.05) is 0 Å². The van der Waals surface area contributed by atoms with E-state index in [1.54, 1.807) is 0 Å². The lowest BCUT2D eigenvalue weighted by molar-refractivity contribution is 0.484. The predicted octanol–water partition coefficient (Wildman–Crippen LogP) is 2.25. The van der Waals surface area contributed by atoms with Gasteiger partial charge >= 0.3 is 0 Å². The van der Waals surface area contributed by atoms with Crippen molar-refractivity contribution in [2.45, 2.75) is 39.3 Å². The number of hydrogen-bond donors (Lipinski definition) is 2. The van der Waals surface area contributed by atoms with E-state index in [-0.39, 0.29) is 6.04 Å². The Bertz CT molecular complexity index is 277. The zero-order valence-corrected chi connectivity index (χ0v) is 9.96. The molecule has 3 N–H and O–H groups in total. The van der Waals surface area contributed by atoms with Crippen LogP contribution in [0.25, 0.3) is 0 Å². The molecule has 2 heteroatoms. The molecule has 0 amide bonds. The quantitative estimate of drug-likeness (QED) is 0.775. The zero-order valence-electron chi connectivity index (χ0n) is 9.96. The van der Waals surface area contributed by atoms with Crippen LogP contribution in [0.5, 0.6) is 0 Å². The molecule has 0 saturated heterocycles. The summed E-state index contributed by atoms with van der Waals surface area (Å²) in [4.78, 5) is 0. The highest BCUT2D eigenvalue weighted by molar-refractivity contribution is 5.25. The average molecular weight is 206 g/mol. The molecule has 0 aliphatic rings. The molecular weight excluding hydrogens is 184 g/mol. The largest absolute Gasteiger partial charge is 0.329 e. The molecule has 0 fully saturated rings. The summed E-state index contributed by atoms with van der Waals surface area (Å²) in [6.07, 6.45) is 1.09. The van der Waals surface area contributed by atoms with E-state index in [4.69, 9.17) is 5.73 Å². The Morgan fingerprint density at radius 3 is 2.20 bits per heavy atom. The summed E-state index contributed by atoms with van der Waals surface area (Å²) in [5.74, 6) is 0. The monoisotopic (exact) mass is 206 g/mol. The van der Waals surface area contributed by atoms with Gasteiger partial charge in [-0.15, -0.1) is 0 Å². The molecule has 0 heterocycles. The van der Waals surface area contributed by atoms with E-state index >= 15 is 0 Å². The maximum Gasteiger partial charge on any atom is 0.0446 e. The van der Waals surface area contributed by atoms with Crippen molar-refractivity contribution in [2.75, 3.05) is 6.54 Å². The summed E-state index contributed by atoms with van der Waals surface area (Å²) in [6.45, 7) is 7.09. The minimum absolute atomic E-state index is 0.274. The minimum Gasteiger partial charge on any atom is -0.329 e. The van der Waals surface area contributed by atoms with Gasteiger partial charge in [-0.25, -0.2) is 0 Å². The molecule has 0 aliphatic carbocycles. The third-order valence-corrected chi connectivity index (χ3v) is 2.56. The summed E-state index contributed by atoms with van der Waals surface area (Å²) in [7, 11) is 0. The van der Waals surface area contributed by atoms with Crippen LogP contribution in [0, 0.1) is 0 Å². The fourth-order valence-electron chi connectivity index (χ4n) is 1.69. The van der Waals surface area contributed by atoms with E-state index in [2.05, 4.69) is 50.4 Å². The zero-order chi connectivity index (χ0) is 11.3. The molecule has 0 aliphatic heterocycles. The van der Waals surface area contributed by atoms with Gasteiger partial charge in [-0.2, -0.15) is 0 Å². The molecule has 1 aromatic rings. The summed E-state index contributed by atoms with van der Waals surface area (Å²) in [5.41, 5.74) is 8.42. The van der Waals surface area contributed by atoms with Crippen LogP contribution in [0.2, 0.25) is 0 Å². The lowest BCUT2D eigenvalue weighted by Gasteiger charge is -2.20. The van der Waals surface area contributed by atoms with E-state index in [9.17, 15) is 0 Å². The topological polar surface area (TPSA) is 38.0 Å². The van der Waals surface area contributed by atoms with Gasteiger partial charge in [0.25, 0.3) is 0 Å². The van der Waals surface area contributed by atoms with E-state index in [0.717, 1.165) is 6.42 Å². The van der Waals surface area contributed by atoms with Gasteiger partial charge in [-0.3, -0.25) is 0 Å². The lowest BCUT2D eigenvalue weighted by atomic mass is 10.0. The van der Waals surface area contributed by atoms with Crippen LogP contribution < -0.4 is 11.1 Å². The molecule has 1 atom stereocenters. The second-order valence-electron chi connectivity index (χ2n) is 4.20. The Morgan fingerprint density at radius 2 is 1.80 bits per heavy atom. The number of nitrogens with one attached hydrogen (secondary N) is 1. The van der Waals surface area contributed by atoms with Crippen molar-refractivity contribution in [1.29, 1.82) is 0 Å². The van der Waals surface area contributed by atoms with Crippen LogP contribution in [-0.4, -0.2) is 12.6 Å². The second kappa shape index (κ2) is 5.89. The van der Waals surface area contributed by atoms with Crippen molar-refractivity contribution < 1.29 is 0 Å². The standard InChI is InChI=1S/C13H22N2/c1-4-11-5-7-12(8-6-11)13(9-14)15-10(2)3/h5-8,10,13,15H,4,9,14H2,1-3H3. The number of nitrogens with two attached hydrogens (primary N) is 1. The van der Waals surface area contributed by atoms with Gasteiger partial charge in [0.1, 0.15) is 0 Å². The smallest absolute Gasteiger partial charge is 0.0446 e. The highest BCUT2D eigenvalue weighted by Crippen LogP contribution is 2.13. The Balaban J connectivity index is 2.74. The maximum atomic E-state index is 5.76. The molecule has 0 saturated carbocycles. The van der Waals surface area contributed by atoms with E-state index in [1.165, 1.54) is 11.1 Å². The first kappa shape index (κ1) is 12.2. The summed E-state index contributed by atoms with van der Waals surface area (Å²) >= 11 is 0. The third-order valence-electron chi connectivity index (χ3n) is 2.56. The summed E-state index contributed by atoms with van der Waals surface area (Å²) < 4.78 is 0. The van der Waals surface area contributed by atoms with Crippen LogP contribution in [0.4, 0.5) is 0 Å². The predicted molar refractivity (Wildman–Crippen MR) is 65.9 cm³/mol. The highest BCUT2D eigenvalue weighted by Gasteiger charge is 2.09. The average Bonchev–Trinajstić information content (AvgIpc) is 2.26. The molecule has 0 bridgehead atoms. The highest BCUT2D eigenvalue weighted by atomic mass is 15.0. The minimum atomic E-state index is 0.274. The van der Waals surface area contributed by atoms with Crippen molar-refractivity contribution in [3.05, 3.63) is 35.4 Å². The van der Waals surface area contributed by atoms with Crippen molar-refractivity contribution in [3.63, 3.8) is 0 Å². The molecular formula is C13H22N2. The molecule has 2 nitrogen and oxygen atoms in total. The first-order chi connectivity index (χ1) is 7.17. The Hall–Kier alpha value is -0.860. The number of benzene rings is 1. The van der Waals surface area contributed by atoms with Gasteiger partial charge in [-0.1, -0.05) is 45.0 Å². The first-order valence-electron chi connectivity index (χ1n) is 5.72. The SMILES string of the molecule is CCc1ccc(C(CN)NC(C)C)cc1. The van der Waals surface area contributed by atoms with Gasteiger partial charge in [-0.05, 0) is 17.5 Å². The molecule has 84 valence electrons. The third kappa shape index (κ3) is 3.65. The summed E-state index contributed by atoms with van der Waals surface area (Å²) in [5, 5.41) is 3.46. The molecule has 15 heavy (non-hydrogen) atoms. The van der Waals surface area contributed by atoms with Crippen molar-refractivity contribution >= 4 is 0 Å². The fraction of sp³-hybridized carbons (Fsp3) is 0.538. The van der Waals surface area contributed by atoms with Crippen LogP contribution in [0.15, 0.2) is 24.3 Å².